The summed E-state index contributed by atoms with van der Waals surface area (Å²) in [5, 5.41) is 4.10. The number of Topliss-reactive ketones (excluding diaryl/α,β-unsaturated/α-hetero) is 1. The lowest BCUT2D eigenvalue weighted by Gasteiger charge is -2.41. The molecule has 5 heteroatoms. The first-order valence-corrected chi connectivity index (χ1v) is 7.89. The highest BCUT2D eigenvalue weighted by Gasteiger charge is 2.43. The first-order valence-electron chi connectivity index (χ1n) is 7.89. The molecule has 0 unspecified atom stereocenters. The van der Waals surface area contributed by atoms with Crippen molar-refractivity contribution >= 4 is 5.78 Å². The Balaban J connectivity index is 2.17. The summed E-state index contributed by atoms with van der Waals surface area (Å²) in [5.41, 5.74) is -0.105. The van der Waals surface area contributed by atoms with Gasteiger partial charge in [-0.15, -0.1) is 0 Å². The SMILES string of the molecule is CCOC1(c2noc(CC(=O)CC)n2)CCC(C)(C)CC1. The highest BCUT2D eigenvalue weighted by atomic mass is 16.5. The molecule has 0 spiro atoms. The fourth-order valence-electron chi connectivity index (χ4n) is 2.84. The highest BCUT2D eigenvalue weighted by molar-refractivity contribution is 5.79. The molecule has 5 nitrogen and oxygen atoms in total. The van der Waals surface area contributed by atoms with E-state index in [0.717, 1.165) is 25.7 Å². The lowest BCUT2D eigenvalue weighted by Crippen LogP contribution is -2.38. The van der Waals surface area contributed by atoms with Crippen LogP contribution in [0.2, 0.25) is 0 Å². The number of nitrogens with zero attached hydrogens (tertiary/aromatic N) is 2. The monoisotopic (exact) mass is 294 g/mol. The van der Waals surface area contributed by atoms with Crippen molar-refractivity contribution in [2.75, 3.05) is 6.61 Å². The Morgan fingerprint density at radius 1 is 1.24 bits per heavy atom. The maximum Gasteiger partial charge on any atom is 0.234 e. The fourth-order valence-corrected chi connectivity index (χ4v) is 2.84. The number of carbonyl (C=O) groups excluding carboxylic acids is 1. The summed E-state index contributed by atoms with van der Waals surface area (Å²) in [4.78, 5) is 15.9. The number of rotatable bonds is 6. The molecule has 1 aliphatic rings. The lowest BCUT2D eigenvalue weighted by molar-refractivity contribution is -0.118. The number of ketones is 1. The minimum atomic E-state index is -0.443. The lowest BCUT2D eigenvalue weighted by atomic mass is 9.70. The van der Waals surface area contributed by atoms with Gasteiger partial charge in [-0.3, -0.25) is 4.79 Å². The molecule has 1 aliphatic carbocycles. The Morgan fingerprint density at radius 2 is 1.90 bits per heavy atom. The van der Waals surface area contributed by atoms with Gasteiger partial charge in [-0.05, 0) is 38.0 Å². The van der Waals surface area contributed by atoms with Gasteiger partial charge in [-0.2, -0.15) is 4.98 Å². The van der Waals surface area contributed by atoms with Crippen LogP contribution in [0.4, 0.5) is 0 Å². The first kappa shape index (κ1) is 16.1. The molecular formula is C16H26N2O3. The molecule has 0 aliphatic heterocycles. The summed E-state index contributed by atoms with van der Waals surface area (Å²) in [5.74, 6) is 1.12. The largest absolute Gasteiger partial charge is 0.367 e. The predicted octanol–water partition coefficient (Wildman–Crippen LogP) is 3.42. The molecule has 1 fully saturated rings. The average Bonchev–Trinajstić information content (AvgIpc) is 2.90. The van der Waals surface area contributed by atoms with E-state index in [2.05, 4.69) is 24.0 Å². The van der Waals surface area contributed by atoms with Crippen LogP contribution in [0, 0.1) is 5.41 Å². The summed E-state index contributed by atoms with van der Waals surface area (Å²) in [6.45, 7) is 9.01. The van der Waals surface area contributed by atoms with E-state index in [0.29, 0.717) is 30.2 Å². The molecule has 0 aromatic carbocycles. The van der Waals surface area contributed by atoms with Crippen LogP contribution in [-0.4, -0.2) is 22.5 Å². The second-order valence-electron chi connectivity index (χ2n) is 6.67. The summed E-state index contributed by atoms with van der Waals surface area (Å²) >= 11 is 0. The Labute approximate surface area is 126 Å². The zero-order valence-corrected chi connectivity index (χ0v) is 13.6. The maximum atomic E-state index is 11.5. The zero-order valence-electron chi connectivity index (χ0n) is 13.6. The molecule has 0 amide bonds. The highest BCUT2D eigenvalue weighted by Crippen LogP contribution is 2.46. The van der Waals surface area contributed by atoms with E-state index in [9.17, 15) is 4.79 Å². The normalized spacial score (nSPS) is 20.4. The van der Waals surface area contributed by atoms with Gasteiger partial charge in [0.05, 0.1) is 6.42 Å². The van der Waals surface area contributed by atoms with Crippen molar-refractivity contribution in [3.05, 3.63) is 11.7 Å². The molecule has 1 aromatic rings. The van der Waals surface area contributed by atoms with Gasteiger partial charge in [-0.1, -0.05) is 25.9 Å². The van der Waals surface area contributed by atoms with Gasteiger partial charge >= 0.3 is 0 Å². The molecule has 0 saturated heterocycles. The Hall–Kier alpha value is -1.23. The van der Waals surface area contributed by atoms with Gasteiger partial charge in [0.25, 0.3) is 0 Å². The number of hydrogen-bond acceptors (Lipinski definition) is 5. The molecule has 0 N–H and O–H groups in total. The second kappa shape index (κ2) is 6.26. The molecular weight excluding hydrogens is 268 g/mol. The third kappa shape index (κ3) is 3.70. The third-order valence-electron chi connectivity index (χ3n) is 4.45. The topological polar surface area (TPSA) is 65.2 Å². The Bertz CT molecular complexity index is 483. The van der Waals surface area contributed by atoms with Crippen LogP contribution in [0.5, 0.6) is 0 Å². The van der Waals surface area contributed by atoms with E-state index >= 15 is 0 Å². The van der Waals surface area contributed by atoms with E-state index in [1.54, 1.807) is 0 Å². The molecule has 1 aromatic heterocycles. The smallest absolute Gasteiger partial charge is 0.234 e. The molecule has 118 valence electrons. The van der Waals surface area contributed by atoms with Crippen LogP contribution in [-0.2, 0) is 21.6 Å². The van der Waals surface area contributed by atoms with E-state index in [1.165, 1.54) is 0 Å². The van der Waals surface area contributed by atoms with Crippen LogP contribution in [0.1, 0.15) is 71.5 Å². The predicted molar refractivity (Wildman–Crippen MR) is 78.9 cm³/mol. The van der Waals surface area contributed by atoms with Crippen LogP contribution in [0.3, 0.4) is 0 Å². The van der Waals surface area contributed by atoms with Crippen molar-refractivity contribution in [3.8, 4) is 0 Å². The molecule has 0 radical (unpaired) electrons. The van der Waals surface area contributed by atoms with Gasteiger partial charge < -0.3 is 9.26 Å². The Kier molecular flexibility index (Phi) is 4.81. The van der Waals surface area contributed by atoms with Gasteiger partial charge in [0, 0.05) is 13.0 Å². The number of carbonyl (C=O) groups is 1. The van der Waals surface area contributed by atoms with Crippen LogP contribution in [0.15, 0.2) is 4.52 Å². The maximum absolute atomic E-state index is 11.5. The van der Waals surface area contributed by atoms with Crippen molar-refractivity contribution in [1.29, 1.82) is 0 Å². The van der Waals surface area contributed by atoms with Crippen molar-refractivity contribution in [1.82, 2.24) is 10.1 Å². The van der Waals surface area contributed by atoms with E-state index in [-0.39, 0.29) is 12.2 Å². The van der Waals surface area contributed by atoms with E-state index in [4.69, 9.17) is 9.26 Å². The molecule has 0 bridgehead atoms. The fraction of sp³-hybridized carbons (Fsp3) is 0.812. The summed E-state index contributed by atoms with van der Waals surface area (Å²) in [6.07, 6.45) is 4.65. The van der Waals surface area contributed by atoms with Crippen molar-refractivity contribution in [2.45, 2.75) is 71.8 Å². The van der Waals surface area contributed by atoms with Crippen LogP contribution >= 0.6 is 0 Å². The van der Waals surface area contributed by atoms with E-state index in [1.807, 2.05) is 13.8 Å². The standard InChI is InChI=1S/C16H26N2O3/c1-5-12(19)11-13-17-14(18-21-13)16(20-6-2)9-7-15(3,4)8-10-16/h5-11H2,1-4H3. The quantitative estimate of drug-likeness (QED) is 0.804. The van der Waals surface area contributed by atoms with Crippen molar-refractivity contribution < 1.29 is 14.1 Å². The van der Waals surface area contributed by atoms with Gasteiger partial charge in [-0.25, -0.2) is 0 Å². The molecule has 1 heterocycles. The van der Waals surface area contributed by atoms with Crippen LogP contribution in [0.25, 0.3) is 0 Å². The summed E-state index contributed by atoms with van der Waals surface area (Å²) in [7, 11) is 0. The van der Waals surface area contributed by atoms with Crippen molar-refractivity contribution in [2.24, 2.45) is 5.41 Å². The minimum absolute atomic E-state index is 0.112. The van der Waals surface area contributed by atoms with Crippen LogP contribution < -0.4 is 0 Å². The third-order valence-corrected chi connectivity index (χ3v) is 4.45. The van der Waals surface area contributed by atoms with Gasteiger partial charge in [0.1, 0.15) is 11.4 Å². The zero-order chi connectivity index (χ0) is 15.5. The molecule has 1 saturated carbocycles. The number of ether oxygens (including phenoxy) is 1. The minimum Gasteiger partial charge on any atom is -0.367 e. The van der Waals surface area contributed by atoms with E-state index < -0.39 is 5.60 Å². The van der Waals surface area contributed by atoms with Gasteiger partial charge in [0.2, 0.25) is 11.7 Å². The van der Waals surface area contributed by atoms with Gasteiger partial charge in [0.15, 0.2) is 0 Å². The number of hydrogen-bond donors (Lipinski definition) is 0. The second-order valence-corrected chi connectivity index (χ2v) is 6.67. The number of aromatic nitrogens is 2. The summed E-state index contributed by atoms with van der Waals surface area (Å²) in [6, 6.07) is 0. The first-order chi connectivity index (χ1) is 9.91. The summed E-state index contributed by atoms with van der Waals surface area (Å²) < 4.78 is 11.3. The Morgan fingerprint density at radius 3 is 2.48 bits per heavy atom. The molecule has 0 atom stereocenters. The molecule has 2 rings (SSSR count). The average molecular weight is 294 g/mol. The molecule has 21 heavy (non-hydrogen) atoms. The van der Waals surface area contributed by atoms with Crippen molar-refractivity contribution in [3.63, 3.8) is 0 Å².